The molecule has 17 nitrogen and oxygen atoms in total. The van der Waals surface area contributed by atoms with Crippen LogP contribution in [0, 0.1) is 23.3 Å². The number of carbonyl (C=O) groups is 1. The normalized spacial score (nSPS) is 12.6. The number of anilines is 6. The first kappa shape index (κ1) is 73.2. The minimum Gasteiger partial charge on any atom is -0.508 e. The number of nitrogens with one attached hydrogen (secondary N) is 4. The van der Waals surface area contributed by atoms with Gasteiger partial charge in [0.15, 0.2) is 23.3 Å². The first-order valence-electron chi connectivity index (χ1n) is 29.2. The number of phenolic OH excluding ortho intramolecular Hbond substituents is 1. The minimum absolute atomic E-state index is 0.223. The number of alkyl halides is 1. The van der Waals surface area contributed by atoms with Gasteiger partial charge in [-0.2, -0.15) is 0 Å². The van der Waals surface area contributed by atoms with Gasteiger partial charge in [-0.3, -0.25) is 9.80 Å². The number of aromatic hydroxyl groups is 1. The topological polar surface area (TPSA) is 213 Å². The van der Waals surface area contributed by atoms with Crippen LogP contribution in [0.2, 0.25) is 20.5 Å². The van der Waals surface area contributed by atoms with Crippen LogP contribution in [0.15, 0.2) is 133 Å². The third-order valence-corrected chi connectivity index (χ3v) is 13.0. The molecule has 86 heavy (non-hydrogen) atoms. The molecule has 2 saturated heterocycles. The summed E-state index contributed by atoms with van der Waals surface area (Å²) in [6, 6.07) is 36.1. The lowest BCUT2D eigenvalue weighted by molar-refractivity contribution is 0.224. The Hall–Kier alpha value is -7.02. The van der Waals surface area contributed by atoms with Gasteiger partial charge in [-0.15, -0.1) is 0 Å². The fourth-order valence-electron chi connectivity index (χ4n) is 8.38. The lowest BCUT2D eigenvalue weighted by Crippen LogP contribution is -2.46. The van der Waals surface area contributed by atoms with Crippen LogP contribution >= 0.6 is 15.9 Å². The molecule has 2 aliphatic heterocycles. The molecule has 25 heteroatoms. The van der Waals surface area contributed by atoms with Crippen molar-refractivity contribution in [3.8, 4) is 23.0 Å². The van der Waals surface area contributed by atoms with Crippen molar-refractivity contribution in [2.75, 3.05) is 121 Å². The van der Waals surface area contributed by atoms with E-state index in [2.05, 4.69) is 56.5 Å². The molecule has 0 saturated carbocycles. The number of primary amides is 1. The predicted octanol–water partition coefficient (Wildman–Crippen LogP) is 11.5. The molecule has 6 aromatic carbocycles. The fourth-order valence-corrected chi connectivity index (χ4v) is 8.61. The first-order valence-corrected chi connectivity index (χ1v) is 30.3. The highest BCUT2D eigenvalue weighted by atomic mass is 79.9. The Morgan fingerprint density at radius 2 is 0.802 bits per heavy atom. The van der Waals surface area contributed by atoms with Crippen molar-refractivity contribution in [3.63, 3.8) is 0 Å². The number of amides is 2. The zero-order valence-electron chi connectivity index (χ0n) is 50.6. The van der Waals surface area contributed by atoms with Crippen molar-refractivity contribution in [1.29, 1.82) is 0 Å². The zero-order valence-corrected chi connectivity index (χ0v) is 52.2. The summed E-state index contributed by atoms with van der Waals surface area (Å²) in [5.41, 5.74) is 9.66. The SMILES string of the molecule is CB(O)Nc1ccc(O)cc1.CB(O)Nc1ccc(OCCCBr)cc1.CB(O)Nc1ccc(OCCCN2CCN(c3ccc(F)c(F)c3)CC2)cc1.CC.CC.NC(=O)Nc1ccc(OCCCN2CCN(c3ccc(F)c(F)c3)CC2)cc1. The number of urea groups is 1. The molecule has 468 valence electrons. The Kier molecular flexibility index (Phi) is 35.7. The minimum atomic E-state index is -0.818. The quantitative estimate of drug-likeness (QED) is 0.00960. The van der Waals surface area contributed by atoms with E-state index in [0.29, 0.717) is 25.5 Å². The molecular weight excluding hydrogens is 1180 g/mol. The molecule has 8 rings (SSSR count). The van der Waals surface area contributed by atoms with Crippen LogP contribution in [-0.2, 0) is 0 Å². The van der Waals surface area contributed by atoms with E-state index in [0.717, 1.165) is 136 Å². The van der Waals surface area contributed by atoms with E-state index in [1.54, 1.807) is 81.1 Å². The van der Waals surface area contributed by atoms with E-state index in [9.17, 15) is 27.4 Å². The highest BCUT2D eigenvalue weighted by molar-refractivity contribution is 9.09. The molecular formula is C61H87B3BrF4N9O8. The van der Waals surface area contributed by atoms with Crippen LogP contribution in [0.5, 0.6) is 23.0 Å². The van der Waals surface area contributed by atoms with Crippen molar-refractivity contribution in [2.45, 2.75) is 67.4 Å². The number of hydrogen-bond acceptors (Lipinski definition) is 15. The number of phenols is 1. The van der Waals surface area contributed by atoms with Crippen LogP contribution in [0.1, 0.15) is 47.0 Å². The third kappa shape index (κ3) is 29.9. The summed E-state index contributed by atoms with van der Waals surface area (Å²) in [4.78, 5) is 19.6. The summed E-state index contributed by atoms with van der Waals surface area (Å²) < 4.78 is 69.9. The maximum absolute atomic E-state index is 13.4. The van der Waals surface area contributed by atoms with E-state index in [4.69, 9.17) is 35.1 Å². The summed E-state index contributed by atoms with van der Waals surface area (Å²) >= 11 is 3.34. The molecule has 0 aromatic heterocycles. The highest BCUT2D eigenvalue weighted by Gasteiger charge is 2.20. The van der Waals surface area contributed by atoms with Crippen LogP contribution in [0.4, 0.5) is 56.5 Å². The molecule has 0 radical (unpaired) electrons. The van der Waals surface area contributed by atoms with Gasteiger partial charge in [0, 0.05) is 117 Å². The second kappa shape index (κ2) is 41.9. The molecule has 0 atom stereocenters. The maximum Gasteiger partial charge on any atom is 0.406 e. The summed E-state index contributed by atoms with van der Waals surface area (Å²) in [5, 5.41) is 48.2. The van der Waals surface area contributed by atoms with E-state index in [-0.39, 0.29) is 5.75 Å². The number of rotatable bonds is 23. The lowest BCUT2D eigenvalue weighted by Gasteiger charge is -2.36. The summed E-state index contributed by atoms with van der Waals surface area (Å²) in [6.45, 7) is 23.4. The average molecular weight is 1260 g/mol. The molecule has 0 aliphatic carbocycles. The van der Waals surface area contributed by atoms with Gasteiger partial charge in [-0.05, 0) is 161 Å². The molecule has 2 aliphatic rings. The summed E-state index contributed by atoms with van der Waals surface area (Å²) in [5.74, 6) is -0.620. The first-order chi connectivity index (χ1) is 41.4. The Balaban J connectivity index is 0.000000312. The van der Waals surface area contributed by atoms with Gasteiger partial charge in [0.05, 0.1) is 19.8 Å². The van der Waals surface area contributed by atoms with Crippen molar-refractivity contribution < 1.29 is 56.7 Å². The van der Waals surface area contributed by atoms with Crippen molar-refractivity contribution in [1.82, 2.24) is 9.80 Å². The largest absolute Gasteiger partial charge is 0.508 e. The monoisotopic (exact) mass is 1260 g/mol. The number of nitrogens with zero attached hydrogens (tertiary/aromatic N) is 4. The fraction of sp³-hybridized carbons (Fsp3) is 0.393. The Morgan fingerprint density at radius 3 is 1.10 bits per heavy atom. The standard InChI is InChI=1S/C20H26BF2N3O2.C20H24F2N4O2.C10H15BBrNO2.C7H10BNO2.2C2H6/c1-21(27)24-16-3-6-18(7-4-16)28-14-2-9-25-10-12-26(13-11-25)17-5-8-19(22)20(23)15-17;21-18-7-4-16(14-19(18)22)26-11-9-25(10-12-26)8-1-13-28-17-5-2-15(3-6-17)24-20(23)27;1-11(14)13-9-3-5-10(6-4-9)15-8-2-7-12;1-8(11)9-6-2-4-7(10)5-3-6;2*1-2/h3-8,15,24,27H,2,9-14H2,1H3;2-7,14H,1,8-13H2,(H3,23,24,27);3-6,13-14H,2,7-8H2,1H3;2-5,9-11H,1H3;2*1-2H3. The number of hydrogen-bond donors (Lipinski definition) is 9. The van der Waals surface area contributed by atoms with Gasteiger partial charge in [0.25, 0.3) is 0 Å². The van der Waals surface area contributed by atoms with Gasteiger partial charge < -0.3 is 70.9 Å². The number of nitrogens with two attached hydrogens (primary N) is 1. The predicted molar refractivity (Wildman–Crippen MR) is 350 cm³/mol. The van der Waals surface area contributed by atoms with E-state index >= 15 is 0 Å². The number of piperazine rings is 2. The summed E-state index contributed by atoms with van der Waals surface area (Å²) in [6.07, 6.45) is 2.79. The number of carbonyl (C=O) groups excluding carboxylic acids is 1. The smallest absolute Gasteiger partial charge is 0.406 e. The molecule has 0 spiro atoms. The molecule has 6 aromatic rings. The van der Waals surface area contributed by atoms with Gasteiger partial charge >= 0.3 is 27.2 Å². The van der Waals surface area contributed by atoms with E-state index in [1.165, 1.54) is 24.3 Å². The van der Waals surface area contributed by atoms with Crippen LogP contribution in [0.3, 0.4) is 0 Å². The molecule has 0 bridgehead atoms. The Labute approximate surface area is 515 Å². The van der Waals surface area contributed by atoms with Crippen LogP contribution < -0.4 is 50.7 Å². The molecule has 0 unspecified atom stereocenters. The van der Waals surface area contributed by atoms with E-state index < -0.39 is 50.5 Å². The second-order valence-electron chi connectivity index (χ2n) is 19.2. The van der Waals surface area contributed by atoms with Gasteiger partial charge in [-0.1, -0.05) is 43.6 Å². The zero-order chi connectivity index (χ0) is 63.2. The molecule has 10 N–H and O–H groups in total. The lowest BCUT2D eigenvalue weighted by atomic mass is 9.88. The van der Waals surface area contributed by atoms with Crippen LogP contribution in [0.25, 0.3) is 0 Å². The van der Waals surface area contributed by atoms with Crippen molar-refractivity contribution in [3.05, 3.63) is 157 Å². The third-order valence-electron chi connectivity index (χ3n) is 12.4. The van der Waals surface area contributed by atoms with Gasteiger partial charge in [-0.25, -0.2) is 22.4 Å². The van der Waals surface area contributed by atoms with Crippen LogP contribution in [-0.4, -0.2) is 148 Å². The van der Waals surface area contributed by atoms with Gasteiger partial charge in [0.2, 0.25) is 0 Å². The molecule has 2 fully saturated rings. The Bertz CT molecular complexity index is 2760. The number of ether oxygens (including phenoxy) is 3. The second-order valence-corrected chi connectivity index (χ2v) is 20.0. The maximum atomic E-state index is 13.4. The highest BCUT2D eigenvalue weighted by Crippen LogP contribution is 2.23. The Morgan fingerprint density at radius 1 is 0.488 bits per heavy atom. The number of benzene rings is 6. The van der Waals surface area contributed by atoms with Crippen molar-refractivity contribution in [2.24, 2.45) is 5.73 Å². The average Bonchev–Trinajstić information content (AvgIpc) is 3.67. The van der Waals surface area contributed by atoms with E-state index in [1.807, 2.05) is 76.2 Å². The molecule has 2 heterocycles. The van der Waals surface area contributed by atoms with Crippen molar-refractivity contribution >= 4 is 77.2 Å². The molecule has 2 amide bonds. The number of halogens is 5. The van der Waals surface area contributed by atoms with Gasteiger partial charge in [0.1, 0.15) is 23.0 Å². The summed E-state index contributed by atoms with van der Waals surface area (Å²) in [7, 11) is -1.70.